The summed E-state index contributed by atoms with van der Waals surface area (Å²) in [5.41, 5.74) is 2.21. The second kappa shape index (κ2) is 12.4. The number of nitrogens with zero attached hydrogens (tertiary/aromatic N) is 2. The molecular weight excluding hydrogens is 475 g/mol. The summed E-state index contributed by atoms with van der Waals surface area (Å²) in [5, 5.41) is 6.84. The maximum absolute atomic E-state index is 12.7. The molecular formula is C23H39IN4O. The molecule has 0 bridgehead atoms. The number of hydrogen-bond donors (Lipinski definition) is 2. The van der Waals surface area contributed by atoms with E-state index in [1.165, 1.54) is 12.8 Å². The predicted molar refractivity (Wildman–Crippen MR) is 133 cm³/mol. The van der Waals surface area contributed by atoms with Crippen LogP contribution in [0.4, 0.5) is 0 Å². The average Bonchev–Trinajstić information content (AvgIpc) is 2.69. The number of aliphatic imine (C=N–C) groups is 1. The maximum atomic E-state index is 12.7. The monoisotopic (exact) mass is 514 g/mol. The van der Waals surface area contributed by atoms with Gasteiger partial charge in [0.2, 0.25) is 0 Å². The van der Waals surface area contributed by atoms with Gasteiger partial charge in [0, 0.05) is 38.3 Å². The SMILES string of the molecule is CN=C(NCc1cccc(C(=O)N2CCCCC2)c1)NC(C)CCC(C)(C)C.I. The lowest BCUT2D eigenvalue weighted by molar-refractivity contribution is 0.0724. The van der Waals surface area contributed by atoms with Gasteiger partial charge >= 0.3 is 0 Å². The van der Waals surface area contributed by atoms with Gasteiger partial charge in [0.05, 0.1) is 0 Å². The van der Waals surface area contributed by atoms with Crippen LogP contribution in [0.15, 0.2) is 29.3 Å². The van der Waals surface area contributed by atoms with Crippen molar-refractivity contribution in [2.45, 2.75) is 72.4 Å². The Hall–Kier alpha value is -1.31. The minimum Gasteiger partial charge on any atom is -0.354 e. The smallest absolute Gasteiger partial charge is 0.253 e. The van der Waals surface area contributed by atoms with Crippen molar-refractivity contribution in [1.82, 2.24) is 15.5 Å². The number of rotatable bonds is 6. The number of carbonyl (C=O) groups is 1. The Bertz CT molecular complexity index is 663. The summed E-state index contributed by atoms with van der Waals surface area (Å²) in [6, 6.07) is 8.30. The number of carbonyl (C=O) groups excluding carboxylic acids is 1. The van der Waals surface area contributed by atoms with Crippen LogP contribution >= 0.6 is 24.0 Å². The number of hydrogen-bond acceptors (Lipinski definition) is 2. The summed E-state index contributed by atoms with van der Waals surface area (Å²) in [7, 11) is 1.79. The quantitative estimate of drug-likeness (QED) is 0.326. The van der Waals surface area contributed by atoms with Gasteiger partial charge < -0.3 is 15.5 Å². The standard InChI is InChI=1S/C23H38N4O.HI/c1-18(12-13-23(2,3)4)26-22(24-5)25-17-19-10-9-11-20(16-19)21(28)27-14-7-6-8-15-27;/h9-11,16,18H,6-8,12-15,17H2,1-5H3,(H2,24,25,26);1H. The predicted octanol–water partition coefficient (Wildman–Crippen LogP) is 4.81. The van der Waals surface area contributed by atoms with Gasteiger partial charge in [-0.2, -0.15) is 0 Å². The van der Waals surface area contributed by atoms with E-state index in [4.69, 9.17) is 0 Å². The second-order valence-electron chi connectivity index (χ2n) is 9.12. The normalized spacial score (nSPS) is 16.0. The van der Waals surface area contributed by atoms with E-state index in [1.54, 1.807) is 7.05 Å². The Labute approximate surface area is 194 Å². The van der Waals surface area contributed by atoms with Crippen LogP contribution in [0.2, 0.25) is 0 Å². The molecule has 1 aromatic carbocycles. The van der Waals surface area contributed by atoms with Gasteiger partial charge in [0.15, 0.2) is 5.96 Å². The van der Waals surface area contributed by atoms with Gasteiger partial charge in [-0.3, -0.25) is 9.79 Å². The van der Waals surface area contributed by atoms with Crippen molar-refractivity contribution in [1.29, 1.82) is 0 Å². The number of halogens is 1. The molecule has 1 unspecified atom stereocenters. The fourth-order valence-corrected chi connectivity index (χ4v) is 3.43. The molecule has 1 aliphatic rings. The summed E-state index contributed by atoms with van der Waals surface area (Å²) in [6.07, 6.45) is 5.72. The molecule has 2 N–H and O–H groups in total. The Balaban J connectivity index is 0.00000420. The van der Waals surface area contributed by atoms with Gasteiger partial charge in [0.25, 0.3) is 5.91 Å². The summed E-state index contributed by atoms with van der Waals surface area (Å²) in [5.74, 6) is 0.953. The number of likely N-dealkylation sites (tertiary alicyclic amines) is 1. The molecule has 1 fully saturated rings. The first-order valence-corrected chi connectivity index (χ1v) is 10.6. The molecule has 0 saturated carbocycles. The number of benzene rings is 1. The molecule has 6 heteroatoms. The molecule has 2 rings (SSSR count). The van der Waals surface area contributed by atoms with Crippen LogP contribution in [-0.2, 0) is 6.54 Å². The molecule has 5 nitrogen and oxygen atoms in total. The molecule has 0 radical (unpaired) electrons. The van der Waals surface area contributed by atoms with Crippen LogP contribution in [0.5, 0.6) is 0 Å². The molecule has 164 valence electrons. The molecule has 0 aromatic heterocycles. The Kier molecular flexibility index (Phi) is 11.0. The lowest BCUT2D eigenvalue weighted by atomic mass is 9.89. The third-order valence-corrected chi connectivity index (χ3v) is 5.21. The zero-order valence-corrected chi connectivity index (χ0v) is 21.1. The average molecular weight is 514 g/mol. The third kappa shape index (κ3) is 9.36. The molecule has 29 heavy (non-hydrogen) atoms. The first-order valence-electron chi connectivity index (χ1n) is 10.6. The Morgan fingerprint density at radius 1 is 1.21 bits per heavy atom. The van der Waals surface area contributed by atoms with E-state index in [0.29, 0.717) is 18.0 Å². The number of piperidine rings is 1. The zero-order chi connectivity index (χ0) is 20.6. The van der Waals surface area contributed by atoms with Crippen molar-refractivity contribution in [3.8, 4) is 0 Å². The molecule has 1 saturated heterocycles. The van der Waals surface area contributed by atoms with Gasteiger partial charge in [-0.25, -0.2) is 0 Å². The molecule has 1 aliphatic heterocycles. The van der Waals surface area contributed by atoms with Crippen LogP contribution in [0.3, 0.4) is 0 Å². The van der Waals surface area contributed by atoms with Crippen molar-refractivity contribution < 1.29 is 4.79 Å². The first-order chi connectivity index (χ1) is 13.3. The highest BCUT2D eigenvalue weighted by atomic mass is 127. The highest BCUT2D eigenvalue weighted by Gasteiger charge is 2.18. The molecule has 0 aliphatic carbocycles. The summed E-state index contributed by atoms with van der Waals surface area (Å²) >= 11 is 0. The summed E-state index contributed by atoms with van der Waals surface area (Å²) in [6.45, 7) is 11.4. The van der Waals surface area contributed by atoms with E-state index >= 15 is 0 Å². The molecule has 1 atom stereocenters. The molecule has 1 amide bonds. The van der Waals surface area contributed by atoms with Crippen LogP contribution in [-0.4, -0.2) is 42.9 Å². The number of guanidine groups is 1. The topological polar surface area (TPSA) is 56.7 Å². The van der Waals surface area contributed by atoms with E-state index in [9.17, 15) is 4.79 Å². The van der Waals surface area contributed by atoms with Gasteiger partial charge in [0.1, 0.15) is 0 Å². The fourth-order valence-electron chi connectivity index (χ4n) is 3.43. The molecule has 1 heterocycles. The van der Waals surface area contributed by atoms with E-state index in [0.717, 1.165) is 49.4 Å². The van der Waals surface area contributed by atoms with Crippen LogP contribution in [0, 0.1) is 5.41 Å². The van der Waals surface area contributed by atoms with Crippen molar-refractivity contribution in [3.63, 3.8) is 0 Å². The summed E-state index contributed by atoms with van der Waals surface area (Å²) in [4.78, 5) is 19.0. The maximum Gasteiger partial charge on any atom is 0.253 e. The molecule has 1 aromatic rings. The van der Waals surface area contributed by atoms with E-state index < -0.39 is 0 Å². The Morgan fingerprint density at radius 3 is 2.52 bits per heavy atom. The van der Waals surface area contributed by atoms with Crippen LogP contribution in [0.25, 0.3) is 0 Å². The first kappa shape index (κ1) is 25.7. The van der Waals surface area contributed by atoms with Crippen molar-refractivity contribution in [2.75, 3.05) is 20.1 Å². The number of amides is 1. The van der Waals surface area contributed by atoms with Crippen LogP contribution in [0.1, 0.15) is 75.7 Å². The van der Waals surface area contributed by atoms with Gasteiger partial charge in [-0.15, -0.1) is 24.0 Å². The number of nitrogens with one attached hydrogen (secondary N) is 2. The van der Waals surface area contributed by atoms with Crippen molar-refractivity contribution in [2.24, 2.45) is 10.4 Å². The molecule has 0 spiro atoms. The fraction of sp³-hybridized carbons (Fsp3) is 0.652. The highest BCUT2D eigenvalue weighted by molar-refractivity contribution is 14.0. The lowest BCUT2D eigenvalue weighted by Gasteiger charge is -2.27. The van der Waals surface area contributed by atoms with Gasteiger partial charge in [-0.05, 0) is 62.1 Å². The third-order valence-electron chi connectivity index (χ3n) is 5.21. The van der Waals surface area contributed by atoms with E-state index in [-0.39, 0.29) is 29.9 Å². The Morgan fingerprint density at radius 2 is 1.90 bits per heavy atom. The minimum atomic E-state index is 0. The minimum absolute atomic E-state index is 0. The second-order valence-corrected chi connectivity index (χ2v) is 9.12. The van der Waals surface area contributed by atoms with E-state index in [2.05, 4.69) is 49.4 Å². The zero-order valence-electron chi connectivity index (χ0n) is 18.8. The summed E-state index contributed by atoms with van der Waals surface area (Å²) < 4.78 is 0. The highest BCUT2D eigenvalue weighted by Crippen LogP contribution is 2.21. The van der Waals surface area contributed by atoms with Crippen molar-refractivity contribution >= 4 is 35.8 Å². The van der Waals surface area contributed by atoms with Gasteiger partial charge in [-0.1, -0.05) is 32.9 Å². The van der Waals surface area contributed by atoms with Crippen molar-refractivity contribution in [3.05, 3.63) is 35.4 Å². The largest absolute Gasteiger partial charge is 0.354 e. The lowest BCUT2D eigenvalue weighted by Crippen LogP contribution is -2.42. The van der Waals surface area contributed by atoms with E-state index in [1.807, 2.05) is 23.1 Å². The van der Waals surface area contributed by atoms with Crippen LogP contribution < -0.4 is 10.6 Å².